The van der Waals surface area contributed by atoms with Crippen molar-refractivity contribution in [1.29, 1.82) is 0 Å². The maximum atomic E-state index is 9.51. The predicted octanol–water partition coefficient (Wildman–Crippen LogP) is 5.63. The molecule has 98 valence electrons. The van der Waals surface area contributed by atoms with Gasteiger partial charge in [-0.3, -0.25) is 0 Å². The molecule has 0 aliphatic heterocycles. The van der Waals surface area contributed by atoms with Crippen LogP contribution in [0.2, 0.25) is 10.0 Å². The quantitative estimate of drug-likeness (QED) is 0.760. The second-order valence-electron chi connectivity index (χ2n) is 5.03. The maximum Gasteiger partial charge on any atom is 0.135 e. The molecule has 1 nitrogen and oxygen atoms in total. The Morgan fingerprint density at radius 3 is 2.21 bits per heavy atom. The largest absolute Gasteiger partial charge is 0.506 e. The van der Waals surface area contributed by atoms with Crippen LogP contribution in [0.25, 0.3) is 11.1 Å². The molecular weight excluding hydrogens is 279 g/mol. The number of halogens is 2. The molecular formula is C16H14Cl2O. The van der Waals surface area contributed by atoms with Crippen molar-refractivity contribution in [1.82, 2.24) is 0 Å². The highest BCUT2D eigenvalue weighted by molar-refractivity contribution is 6.36. The van der Waals surface area contributed by atoms with E-state index in [4.69, 9.17) is 23.2 Å². The van der Waals surface area contributed by atoms with E-state index in [1.54, 1.807) is 6.07 Å². The van der Waals surface area contributed by atoms with Crippen LogP contribution < -0.4 is 0 Å². The number of phenols is 1. The van der Waals surface area contributed by atoms with Crippen molar-refractivity contribution in [2.75, 3.05) is 0 Å². The van der Waals surface area contributed by atoms with Crippen LogP contribution in [0.5, 0.6) is 5.75 Å². The van der Waals surface area contributed by atoms with E-state index >= 15 is 0 Å². The molecule has 0 unspecified atom stereocenters. The van der Waals surface area contributed by atoms with Gasteiger partial charge in [0.05, 0.1) is 10.0 Å². The van der Waals surface area contributed by atoms with Gasteiger partial charge < -0.3 is 5.11 Å². The zero-order chi connectivity index (χ0) is 13.4. The van der Waals surface area contributed by atoms with Gasteiger partial charge in [-0.25, -0.2) is 0 Å². The van der Waals surface area contributed by atoms with Gasteiger partial charge in [0.2, 0.25) is 0 Å². The molecule has 0 amide bonds. The monoisotopic (exact) mass is 292 g/mol. The number of aromatic hydroxyl groups is 1. The Bertz CT molecular complexity index is 601. The first-order valence-corrected chi connectivity index (χ1v) is 7.19. The maximum absolute atomic E-state index is 9.51. The van der Waals surface area contributed by atoms with E-state index in [1.165, 1.54) is 30.9 Å². The van der Waals surface area contributed by atoms with E-state index in [0.717, 1.165) is 17.0 Å². The number of hydrogen-bond acceptors (Lipinski definition) is 1. The molecule has 1 N–H and O–H groups in total. The fourth-order valence-corrected chi connectivity index (χ4v) is 2.86. The van der Waals surface area contributed by atoms with Gasteiger partial charge in [0.15, 0.2) is 0 Å². The van der Waals surface area contributed by atoms with Gasteiger partial charge in [0.1, 0.15) is 5.75 Å². The summed E-state index contributed by atoms with van der Waals surface area (Å²) < 4.78 is 0. The van der Waals surface area contributed by atoms with Gasteiger partial charge >= 0.3 is 0 Å². The molecule has 1 fully saturated rings. The molecule has 3 rings (SSSR count). The van der Waals surface area contributed by atoms with Crippen molar-refractivity contribution in [3.63, 3.8) is 0 Å². The molecule has 2 aromatic rings. The number of rotatable bonds is 2. The lowest BCUT2D eigenvalue weighted by atomic mass is 9.80. The van der Waals surface area contributed by atoms with Crippen LogP contribution in [0, 0.1) is 0 Å². The van der Waals surface area contributed by atoms with E-state index in [1.807, 2.05) is 0 Å². The molecule has 0 spiro atoms. The first kappa shape index (κ1) is 12.8. The van der Waals surface area contributed by atoms with Gasteiger partial charge in [-0.15, -0.1) is 0 Å². The van der Waals surface area contributed by atoms with Crippen LogP contribution in [-0.2, 0) is 0 Å². The van der Waals surface area contributed by atoms with E-state index in [-0.39, 0.29) is 5.75 Å². The Morgan fingerprint density at radius 1 is 0.947 bits per heavy atom. The lowest BCUT2D eigenvalue weighted by molar-refractivity contribution is 0.420. The Kier molecular flexibility index (Phi) is 3.42. The highest BCUT2D eigenvalue weighted by Crippen LogP contribution is 2.39. The summed E-state index contributed by atoms with van der Waals surface area (Å²) in [7, 11) is 0. The Hall–Kier alpha value is -1.18. The molecule has 19 heavy (non-hydrogen) atoms. The third-order valence-corrected chi connectivity index (χ3v) is 4.45. The summed E-state index contributed by atoms with van der Waals surface area (Å²) in [5.74, 6) is 0.745. The first-order chi connectivity index (χ1) is 9.15. The van der Waals surface area contributed by atoms with Crippen molar-refractivity contribution in [3.8, 4) is 16.9 Å². The predicted molar refractivity (Wildman–Crippen MR) is 80.2 cm³/mol. The van der Waals surface area contributed by atoms with Crippen LogP contribution in [-0.4, -0.2) is 5.11 Å². The molecule has 2 aromatic carbocycles. The van der Waals surface area contributed by atoms with Crippen molar-refractivity contribution in [2.24, 2.45) is 0 Å². The van der Waals surface area contributed by atoms with Crippen LogP contribution >= 0.6 is 23.2 Å². The van der Waals surface area contributed by atoms with Gasteiger partial charge in [-0.2, -0.15) is 0 Å². The standard InChI is InChI=1S/C16H14Cl2O/c17-14-9-16(19)15(18)8-13(14)12-6-4-11(5-7-12)10-2-1-3-10/h4-10,19H,1-3H2. The average molecular weight is 293 g/mol. The van der Waals surface area contributed by atoms with Crippen molar-refractivity contribution in [3.05, 3.63) is 52.0 Å². The molecule has 0 atom stereocenters. The molecule has 0 saturated heterocycles. The molecule has 0 bridgehead atoms. The first-order valence-electron chi connectivity index (χ1n) is 6.43. The van der Waals surface area contributed by atoms with Crippen molar-refractivity contribution in [2.45, 2.75) is 25.2 Å². The van der Waals surface area contributed by atoms with E-state index in [2.05, 4.69) is 24.3 Å². The summed E-state index contributed by atoms with van der Waals surface area (Å²) in [4.78, 5) is 0. The molecule has 1 aliphatic carbocycles. The molecule has 1 saturated carbocycles. The summed E-state index contributed by atoms with van der Waals surface area (Å²) in [5.41, 5.74) is 3.27. The van der Waals surface area contributed by atoms with Crippen LogP contribution in [0.4, 0.5) is 0 Å². The van der Waals surface area contributed by atoms with Crippen LogP contribution in [0.1, 0.15) is 30.7 Å². The number of benzene rings is 2. The Morgan fingerprint density at radius 2 is 1.63 bits per heavy atom. The van der Waals surface area contributed by atoms with E-state index in [9.17, 15) is 5.11 Å². The minimum Gasteiger partial charge on any atom is -0.506 e. The number of phenolic OH excluding ortho intramolecular Hbond substituents is 1. The Labute approximate surface area is 122 Å². The molecule has 0 radical (unpaired) electrons. The van der Waals surface area contributed by atoms with E-state index in [0.29, 0.717) is 10.0 Å². The smallest absolute Gasteiger partial charge is 0.135 e. The minimum atomic E-state index is 0.0153. The summed E-state index contributed by atoms with van der Waals surface area (Å²) in [6.45, 7) is 0. The zero-order valence-electron chi connectivity index (χ0n) is 10.4. The highest BCUT2D eigenvalue weighted by Gasteiger charge is 2.19. The summed E-state index contributed by atoms with van der Waals surface area (Å²) >= 11 is 12.1. The topological polar surface area (TPSA) is 20.2 Å². The third-order valence-electron chi connectivity index (χ3n) is 3.83. The average Bonchev–Trinajstić information content (AvgIpc) is 2.33. The second kappa shape index (κ2) is 5.07. The molecule has 1 aliphatic rings. The summed E-state index contributed by atoms with van der Waals surface area (Å²) in [6.07, 6.45) is 3.93. The fraction of sp³-hybridized carbons (Fsp3) is 0.250. The highest BCUT2D eigenvalue weighted by atomic mass is 35.5. The molecule has 0 heterocycles. The molecule has 3 heteroatoms. The Balaban J connectivity index is 1.95. The minimum absolute atomic E-state index is 0.0153. The molecule has 0 aromatic heterocycles. The normalized spacial score (nSPS) is 15.3. The second-order valence-corrected chi connectivity index (χ2v) is 5.85. The van der Waals surface area contributed by atoms with Gasteiger partial charge in [0, 0.05) is 11.6 Å². The van der Waals surface area contributed by atoms with Crippen LogP contribution in [0.15, 0.2) is 36.4 Å². The van der Waals surface area contributed by atoms with Crippen molar-refractivity contribution < 1.29 is 5.11 Å². The van der Waals surface area contributed by atoms with E-state index < -0.39 is 0 Å². The lowest BCUT2D eigenvalue weighted by Gasteiger charge is -2.25. The van der Waals surface area contributed by atoms with Gasteiger partial charge in [0.25, 0.3) is 0 Å². The third kappa shape index (κ3) is 2.45. The van der Waals surface area contributed by atoms with Crippen molar-refractivity contribution >= 4 is 23.2 Å². The fourth-order valence-electron chi connectivity index (χ4n) is 2.43. The van der Waals surface area contributed by atoms with Gasteiger partial charge in [-0.05, 0) is 36.0 Å². The summed E-state index contributed by atoms with van der Waals surface area (Å²) in [5, 5.41) is 10.3. The zero-order valence-corrected chi connectivity index (χ0v) is 11.9. The SMILES string of the molecule is Oc1cc(Cl)c(-c2ccc(C3CCC3)cc2)cc1Cl. The summed E-state index contributed by atoms with van der Waals surface area (Å²) in [6, 6.07) is 11.7. The van der Waals surface area contributed by atoms with Crippen LogP contribution in [0.3, 0.4) is 0 Å². The van der Waals surface area contributed by atoms with Gasteiger partial charge in [-0.1, -0.05) is 53.9 Å². The number of hydrogen-bond donors (Lipinski definition) is 1. The lowest BCUT2D eigenvalue weighted by Crippen LogP contribution is -2.08.